The van der Waals surface area contributed by atoms with Gasteiger partial charge in [-0.3, -0.25) is 0 Å². The first-order valence-corrected chi connectivity index (χ1v) is 7.22. The monoisotopic (exact) mass is 337 g/mol. The van der Waals surface area contributed by atoms with Crippen molar-refractivity contribution < 1.29 is 9.50 Å². The molecule has 0 heterocycles. The topological polar surface area (TPSA) is 46.2 Å². The highest BCUT2D eigenvalue weighted by atomic mass is 79.9. The molecule has 0 aliphatic carbocycles. The fourth-order valence-corrected chi connectivity index (χ4v) is 2.93. The molecule has 2 aromatic rings. The van der Waals surface area contributed by atoms with Crippen LogP contribution in [0.25, 0.3) is 0 Å². The minimum Gasteiger partial charge on any atom is -0.388 e. The Morgan fingerprint density at radius 1 is 1.20 bits per heavy atom. The molecule has 2 aromatic carbocycles. The quantitative estimate of drug-likeness (QED) is 0.893. The van der Waals surface area contributed by atoms with Gasteiger partial charge in [0.25, 0.3) is 0 Å². The van der Waals surface area contributed by atoms with Gasteiger partial charge in [0.05, 0.1) is 6.10 Å². The van der Waals surface area contributed by atoms with Crippen LogP contribution in [0.1, 0.15) is 28.7 Å². The molecule has 0 aliphatic rings. The first-order valence-electron chi connectivity index (χ1n) is 6.43. The van der Waals surface area contributed by atoms with Crippen LogP contribution in [-0.4, -0.2) is 11.7 Å². The molecule has 2 atom stereocenters. The molecule has 106 valence electrons. The van der Waals surface area contributed by atoms with Gasteiger partial charge in [-0.25, -0.2) is 4.39 Å². The third-order valence-electron chi connectivity index (χ3n) is 3.50. The number of aliphatic hydroxyl groups excluding tert-OH is 1. The fraction of sp³-hybridized carbons (Fsp3) is 0.250. The van der Waals surface area contributed by atoms with E-state index in [1.54, 1.807) is 6.07 Å². The number of benzene rings is 2. The summed E-state index contributed by atoms with van der Waals surface area (Å²) >= 11 is 3.47. The van der Waals surface area contributed by atoms with Crippen molar-refractivity contribution in [2.45, 2.75) is 18.9 Å². The number of aryl methyl sites for hydroxylation is 1. The van der Waals surface area contributed by atoms with Crippen LogP contribution in [-0.2, 0) is 0 Å². The Morgan fingerprint density at radius 3 is 2.55 bits per heavy atom. The summed E-state index contributed by atoms with van der Waals surface area (Å²) in [6.07, 6.45) is -0.839. The summed E-state index contributed by atoms with van der Waals surface area (Å²) in [5.41, 5.74) is 8.18. The highest BCUT2D eigenvalue weighted by Gasteiger charge is 2.24. The van der Waals surface area contributed by atoms with Crippen LogP contribution in [0.5, 0.6) is 0 Å². The maximum atomic E-state index is 13.4. The molecule has 2 nitrogen and oxygen atoms in total. The molecular formula is C16H17BrFNO. The zero-order valence-electron chi connectivity index (χ0n) is 11.2. The molecule has 0 spiro atoms. The normalized spacial score (nSPS) is 14.1. The third kappa shape index (κ3) is 3.08. The van der Waals surface area contributed by atoms with Crippen molar-refractivity contribution in [1.82, 2.24) is 0 Å². The molecule has 0 fully saturated rings. The summed E-state index contributed by atoms with van der Waals surface area (Å²) in [4.78, 5) is 0. The Morgan fingerprint density at radius 2 is 1.90 bits per heavy atom. The van der Waals surface area contributed by atoms with E-state index in [4.69, 9.17) is 5.73 Å². The van der Waals surface area contributed by atoms with E-state index in [-0.39, 0.29) is 18.3 Å². The lowest BCUT2D eigenvalue weighted by Gasteiger charge is -2.24. The van der Waals surface area contributed by atoms with Gasteiger partial charge in [-0.15, -0.1) is 0 Å². The molecular weight excluding hydrogens is 321 g/mol. The summed E-state index contributed by atoms with van der Waals surface area (Å²) in [6.45, 7) is 2.13. The van der Waals surface area contributed by atoms with Crippen LogP contribution in [0.4, 0.5) is 4.39 Å². The summed E-state index contributed by atoms with van der Waals surface area (Å²) in [5, 5.41) is 10.6. The maximum absolute atomic E-state index is 13.4. The Bertz CT molecular complexity index is 603. The van der Waals surface area contributed by atoms with Gasteiger partial charge < -0.3 is 10.8 Å². The maximum Gasteiger partial charge on any atom is 0.123 e. The van der Waals surface area contributed by atoms with E-state index in [1.165, 1.54) is 12.1 Å². The minimum absolute atomic E-state index is 0.278. The lowest BCUT2D eigenvalue weighted by atomic mass is 9.87. The average Bonchev–Trinajstić information content (AvgIpc) is 2.44. The van der Waals surface area contributed by atoms with Crippen LogP contribution >= 0.6 is 15.9 Å². The summed E-state index contributed by atoms with van der Waals surface area (Å²) in [6, 6.07) is 12.1. The van der Waals surface area contributed by atoms with Crippen molar-refractivity contribution in [3.05, 3.63) is 69.4 Å². The Balaban J connectivity index is 2.41. The Labute approximate surface area is 126 Å². The molecule has 0 bridgehead atoms. The largest absolute Gasteiger partial charge is 0.388 e. The second-order valence-corrected chi connectivity index (χ2v) is 5.66. The van der Waals surface area contributed by atoms with Crippen LogP contribution in [0.2, 0.25) is 0 Å². The molecule has 20 heavy (non-hydrogen) atoms. The van der Waals surface area contributed by atoms with Crippen molar-refractivity contribution >= 4 is 15.9 Å². The van der Waals surface area contributed by atoms with Gasteiger partial charge >= 0.3 is 0 Å². The van der Waals surface area contributed by atoms with Gasteiger partial charge in [0, 0.05) is 16.9 Å². The molecule has 0 saturated carbocycles. The third-order valence-corrected chi connectivity index (χ3v) is 4.22. The van der Waals surface area contributed by atoms with Gasteiger partial charge in [-0.2, -0.15) is 0 Å². The molecule has 0 radical (unpaired) electrons. The van der Waals surface area contributed by atoms with Crippen LogP contribution < -0.4 is 5.73 Å². The molecule has 2 rings (SSSR count). The number of halogens is 2. The standard InChI is InChI=1S/C16H17BrFNO/c1-10-6-7-11(18)8-13(10)16(20)14(9-19)12-4-2-3-5-15(12)17/h2-8,14,16,20H,9,19H2,1H3. The second kappa shape index (κ2) is 6.48. The minimum atomic E-state index is -0.839. The molecule has 4 heteroatoms. The van der Waals surface area contributed by atoms with Gasteiger partial charge in [0.15, 0.2) is 0 Å². The van der Waals surface area contributed by atoms with Crippen LogP contribution in [0, 0.1) is 12.7 Å². The lowest BCUT2D eigenvalue weighted by molar-refractivity contribution is 0.146. The van der Waals surface area contributed by atoms with E-state index in [2.05, 4.69) is 15.9 Å². The zero-order valence-corrected chi connectivity index (χ0v) is 12.8. The number of aliphatic hydroxyl groups is 1. The van der Waals surface area contributed by atoms with E-state index in [1.807, 2.05) is 31.2 Å². The van der Waals surface area contributed by atoms with Gasteiger partial charge in [0.2, 0.25) is 0 Å². The number of rotatable bonds is 4. The van der Waals surface area contributed by atoms with Gasteiger partial charge in [0.1, 0.15) is 5.82 Å². The van der Waals surface area contributed by atoms with Crippen molar-refractivity contribution in [2.24, 2.45) is 5.73 Å². The molecule has 0 aromatic heterocycles. The molecule has 0 amide bonds. The number of hydrogen-bond donors (Lipinski definition) is 2. The van der Waals surface area contributed by atoms with Crippen molar-refractivity contribution in [3.63, 3.8) is 0 Å². The average molecular weight is 338 g/mol. The van der Waals surface area contributed by atoms with Crippen molar-refractivity contribution in [1.29, 1.82) is 0 Å². The highest BCUT2D eigenvalue weighted by Crippen LogP contribution is 2.35. The lowest BCUT2D eigenvalue weighted by Crippen LogP contribution is -2.21. The Hall–Kier alpha value is -1.23. The molecule has 0 saturated heterocycles. The fourth-order valence-electron chi connectivity index (χ4n) is 2.35. The number of nitrogens with two attached hydrogens (primary N) is 1. The SMILES string of the molecule is Cc1ccc(F)cc1C(O)C(CN)c1ccccc1Br. The summed E-state index contributed by atoms with van der Waals surface area (Å²) in [7, 11) is 0. The number of hydrogen-bond acceptors (Lipinski definition) is 2. The molecule has 2 unspecified atom stereocenters. The van der Waals surface area contributed by atoms with Crippen LogP contribution in [0.15, 0.2) is 46.9 Å². The van der Waals surface area contributed by atoms with E-state index < -0.39 is 6.10 Å². The second-order valence-electron chi connectivity index (χ2n) is 4.81. The van der Waals surface area contributed by atoms with Crippen molar-refractivity contribution in [2.75, 3.05) is 6.54 Å². The zero-order chi connectivity index (χ0) is 14.7. The first-order chi connectivity index (χ1) is 9.54. The summed E-state index contributed by atoms with van der Waals surface area (Å²) < 4.78 is 14.3. The van der Waals surface area contributed by atoms with Crippen LogP contribution in [0.3, 0.4) is 0 Å². The predicted octanol–water partition coefficient (Wildman–Crippen LogP) is 3.67. The van der Waals surface area contributed by atoms with E-state index >= 15 is 0 Å². The van der Waals surface area contributed by atoms with Gasteiger partial charge in [-0.1, -0.05) is 40.2 Å². The van der Waals surface area contributed by atoms with Crippen molar-refractivity contribution in [3.8, 4) is 0 Å². The highest BCUT2D eigenvalue weighted by molar-refractivity contribution is 9.10. The van der Waals surface area contributed by atoms with E-state index in [9.17, 15) is 9.50 Å². The van der Waals surface area contributed by atoms with Gasteiger partial charge in [-0.05, 0) is 41.8 Å². The molecule has 3 N–H and O–H groups in total. The predicted molar refractivity (Wildman–Crippen MR) is 82.0 cm³/mol. The smallest absolute Gasteiger partial charge is 0.123 e. The Kier molecular flexibility index (Phi) is 4.91. The summed E-state index contributed by atoms with van der Waals surface area (Å²) in [5.74, 6) is -0.640. The van der Waals surface area contributed by atoms with E-state index in [0.29, 0.717) is 5.56 Å². The van der Waals surface area contributed by atoms with E-state index in [0.717, 1.165) is 15.6 Å². The molecule has 0 aliphatic heterocycles. The first kappa shape index (κ1) is 15.2.